The number of carbonyl (C=O) groups is 1. The number of hydrogen-bond acceptors (Lipinski definition) is 2. The van der Waals surface area contributed by atoms with Gasteiger partial charge >= 0.3 is 0 Å². The van der Waals surface area contributed by atoms with Gasteiger partial charge in [0, 0.05) is 6.42 Å². The van der Waals surface area contributed by atoms with Crippen molar-refractivity contribution in [1.29, 1.82) is 0 Å². The maximum absolute atomic E-state index is 10.1. The monoisotopic (exact) mass is 226 g/mol. The van der Waals surface area contributed by atoms with Crippen LogP contribution in [0.3, 0.4) is 0 Å². The Morgan fingerprint density at radius 2 is 1.75 bits per heavy atom. The molecule has 0 aliphatic rings. The first-order valence-electron chi connectivity index (χ1n) is 6.58. The highest BCUT2D eigenvalue weighted by atomic mass is 16.3. The summed E-state index contributed by atoms with van der Waals surface area (Å²) >= 11 is 0. The first-order chi connectivity index (χ1) is 7.81. The normalized spacial score (nSPS) is 13.1. The Bertz CT molecular complexity index is 176. The van der Waals surface area contributed by atoms with Gasteiger partial charge in [0.2, 0.25) is 0 Å². The van der Waals surface area contributed by atoms with Crippen molar-refractivity contribution < 1.29 is 9.90 Å². The first kappa shape index (κ1) is 15.4. The smallest absolute Gasteiger partial charge is 0.122 e. The predicted molar refractivity (Wildman–Crippen MR) is 68.4 cm³/mol. The van der Waals surface area contributed by atoms with E-state index >= 15 is 0 Å². The molecule has 0 heterocycles. The van der Waals surface area contributed by atoms with Crippen LogP contribution in [0.15, 0.2) is 12.2 Å². The Balaban J connectivity index is 3.09. The molecule has 0 fully saturated rings. The molecular formula is C14H26O2. The number of aldehydes is 1. The SMILES string of the molecule is CCC=CCCCCCCCC(O)CC=O. The highest BCUT2D eigenvalue weighted by Gasteiger charge is 2.01. The van der Waals surface area contributed by atoms with Crippen molar-refractivity contribution in [3.8, 4) is 0 Å². The van der Waals surface area contributed by atoms with E-state index in [1.165, 1.54) is 32.1 Å². The fraction of sp³-hybridized carbons (Fsp3) is 0.786. The van der Waals surface area contributed by atoms with Gasteiger partial charge in [0.15, 0.2) is 0 Å². The molecule has 1 N–H and O–H groups in total. The number of aliphatic hydroxyl groups is 1. The van der Waals surface area contributed by atoms with E-state index in [4.69, 9.17) is 0 Å². The molecule has 0 saturated carbocycles. The van der Waals surface area contributed by atoms with Crippen molar-refractivity contribution in [2.45, 2.75) is 70.8 Å². The van der Waals surface area contributed by atoms with E-state index in [2.05, 4.69) is 19.1 Å². The van der Waals surface area contributed by atoms with Gasteiger partial charge in [0.25, 0.3) is 0 Å². The van der Waals surface area contributed by atoms with E-state index in [0.29, 0.717) is 6.42 Å². The molecule has 0 saturated heterocycles. The van der Waals surface area contributed by atoms with Crippen molar-refractivity contribution in [3.05, 3.63) is 12.2 Å². The maximum atomic E-state index is 10.1. The van der Waals surface area contributed by atoms with Gasteiger partial charge in [-0.15, -0.1) is 0 Å². The zero-order chi connectivity index (χ0) is 12.1. The van der Waals surface area contributed by atoms with Crippen molar-refractivity contribution >= 4 is 6.29 Å². The third kappa shape index (κ3) is 11.4. The molecule has 2 nitrogen and oxygen atoms in total. The number of carbonyl (C=O) groups excluding carboxylic acids is 1. The highest BCUT2D eigenvalue weighted by Crippen LogP contribution is 2.10. The number of allylic oxidation sites excluding steroid dienone is 2. The molecule has 0 aliphatic carbocycles. The summed E-state index contributed by atoms with van der Waals surface area (Å²) in [4.78, 5) is 10.1. The molecule has 0 aromatic rings. The van der Waals surface area contributed by atoms with E-state index < -0.39 is 6.10 Å². The number of unbranched alkanes of at least 4 members (excludes halogenated alkanes) is 5. The van der Waals surface area contributed by atoms with Crippen LogP contribution in [0.1, 0.15) is 64.7 Å². The summed E-state index contributed by atoms with van der Waals surface area (Å²) in [6, 6.07) is 0. The standard InChI is InChI=1S/C14H26O2/c1-2-3-4-5-6-7-8-9-10-11-14(16)12-13-15/h3-4,13-14,16H,2,5-12H2,1H3. The van der Waals surface area contributed by atoms with Gasteiger partial charge in [-0.05, 0) is 25.7 Å². The lowest BCUT2D eigenvalue weighted by Gasteiger charge is -2.05. The van der Waals surface area contributed by atoms with Crippen LogP contribution in [0.2, 0.25) is 0 Å². The quantitative estimate of drug-likeness (QED) is 0.332. The van der Waals surface area contributed by atoms with Crippen LogP contribution in [0.25, 0.3) is 0 Å². The molecule has 0 spiro atoms. The van der Waals surface area contributed by atoms with E-state index in [9.17, 15) is 9.90 Å². The predicted octanol–water partition coefficient (Wildman–Crippen LogP) is 3.63. The number of hydrogen-bond donors (Lipinski definition) is 1. The van der Waals surface area contributed by atoms with Crippen molar-refractivity contribution in [1.82, 2.24) is 0 Å². The van der Waals surface area contributed by atoms with Gasteiger partial charge in [-0.1, -0.05) is 44.8 Å². The van der Waals surface area contributed by atoms with Gasteiger partial charge in [0.1, 0.15) is 6.29 Å². The van der Waals surface area contributed by atoms with Crippen LogP contribution < -0.4 is 0 Å². The number of aliphatic hydroxyl groups excluding tert-OH is 1. The summed E-state index contributed by atoms with van der Waals surface area (Å²) in [6.07, 6.45) is 14.3. The van der Waals surface area contributed by atoms with E-state index in [-0.39, 0.29) is 0 Å². The largest absolute Gasteiger partial charge is 0.393 e. The lowest BCUT2D eigenvalue weighted by Crippen LogP contribution is -2.06. The molecule has 94 valence electrons. The summed E-state index contributed by atoms with van der Waals surface area (Å²) in [5, 5.41) is 9.31. The summed E-state index contributed by atoms with van der Waals surface area (Å²) in [6.45, 7) is 2.15. The fourth-order valence-corrected chi connectivity index (χ4v) is 1.69. The third-order valence-electron chi connectivity index (χ3n) is 2.68. The summed E-state index contributed by atoms with van der Waals surface area (Å²) in [7, 11) is 0. The Labute approximate surface area is 99.7 Å². The van der Waals surface area contributed by atoms with Crippen LogP contribution in [0.4, 0.5) is 0 Å². The molecule has 0 aromatic carbocycles. The highest BCUT2D eigenvalue weighted by molar-refractivity contribution is 5.49. The summed E-state index contributed by atoms with van der Waals surface area (Å²) in [5.41, 5.74) is 0. The number of rotatable bonds is 11. The fourth-order valence-electron chi connectivity index (χ4n) is 1.69. The van der Waals surface area contributed by atoms with Gasteiger partial charge < -0.3 is 9.90 Å². The first-order valence-corrected chi connectivity index (χ1v) is 6.58. The maximum Gasteiger partial charge on any atom is 0.122 e. The molecule has 0 aliphatic heterocycles. The minimum Gasteiger partial charge on any atom is -0.393 e. The Hall–Kier alpha value is -0.630. The van der Waals surface area contributed by atoms with Gasteiger partial charge in [-0.3, -0.25) is 0 Å². The van der Waals surface area contributed by atoms with E-state index in [1.54, 1.807) is 0 Å². The van der Waals surface area contributed by atoms with Crippen molar-refractivity contribution in [2.24, 2.45) is 0 Å². The molecule has 0 bridgehead atoms. The zero-order valence-corrected chi connectivity index (χ0v) is 10.5. The average Bonchev–Trinajstić information content (AvgIpc) is 2.27. The van der Waals surface area contributed by atoms with E-state index in [1.807, 2.05) is 0 Å². The minimum absolute atomic E-state index is 0.293. The zero-order valence-electron chi connectivity index (χ0n) is 10.5. The Kier molecular flexibility index (Phi) is 11.9. The molecule has 0 rings (SSSR count). The minimum atomic E-state index is -0.412. The molecule has 2 heteroatoms. The summed E-state index contributed by atoms with van der Waals surface area (Å²) in [5.74, 6) is 0. The van der Waals surface area contributed by atoms with Crippen molar-refractivity contribution in [2.75, 3.05) is 0 Å². The molecular weight excluding hydrogens is 200 g/mol. The lowest BCUT2D eigenvalue weighted by atomic mass is 10.1. The van der Waals surface area contributed by atoms with Gasteiger partial charge in [-0.25, -0.2) is 0 Å². The second-order valence-corrected chi connectivity index (χ2v) is 4.28. The van der Waals surface area contributed by atoms with Crippen LogP contribution in [-0.2, 0) is 4.79 Å². The molecule has 0 aromatic heterocycles. The Morgan fingerprint density at radius 1 is 1.06 bits per heavy atom. The summed E-state index contributed by atoms with van der Waals surface area (Å²) < 4.78 is 0. The molecule has 1 atom stereocenters. The van der Waals surface area contributed by atoms with Gasteiger partial charge in [-0.2, -0.15) is 0 Å². The van der Waals surface area contributed by atoms with Crippen LogP contribution >= 0.6 is 0 Å². The van der Waals surface area contributed by atoms with Crippen LogP contribution in [-0.4, -0.2) is 17.5 Å². The topological polar surface area (TPSA) is 37.3 Å². The van der Waals surface area contributed by atoms with Crippen LogP contribution in [0, 0.1) is 0 Å². The van der Waals surface area contributed by atoms with Crippen LogP contribution in [0.5, 0.6) is 0 Å². The van der Waals surface area contributed by atoms with E-state index in [0.717, 1.165) is 25.5 Å². The lowest BCUT2D eigenvalue weighted by molar-refractivity contribution is -0.109. The molecule has 0 radical (unpaired) electrons. The second-order valence-electron chi connectivity index (χ2n) is 4.28. The average molecular weight is 226 g/mol. The molecule has 1 unspecified atom stereocenters. The second kappa shape index (κ2) is 12.4. The molecule has 0 amide bonds. The molecule has 16 heavy (non-hydrogen) atoms. The van der Waals surface area contributed by atoms with Gasteiger partial charge in [0.05, 0.1) is 6.10 Å². The van der Waals surface area contributed by atoms with Crippen molar-refractivity contribution in [3.63, 3.8) is 0 Å². The third-order valence-corrected chi connectivity index (χ3v) is 2.68. The Morgan fingerprint density at radius 3 is 2.44 bits per heavy atom.